The van der Waals surface area contributed by atoms with Gasteiger partial charge < -0.3 is 15.7 Å². The minimum absolute atomic E-state index is 0.300. The van der Waals surface area contributed by atoms with E-state index >= 15 is 0 Å². The number of carbonyl (C=O) groups excluding carboxylic acids is 2. The molecule has 3 N–H and O–H groups in total. The number of halogens is 2. The number of likely N-dealkylation sites (tertiary alicyclic amines) is 1. The van der Waals surface area contributed by atoms with Gasteiger partial charge in [-0.1, -0.05) is 53.9 Å². The number of pyridine rings is 2. The van der Waals surface area contributed by atoms with Gasteiger partial charge in [0.25, 0.3) is 11.8 Å². The lowest BCUT2D eigenvalue weighted by Gasteiger charge is -2.41. The van der Waals surface area contributed by atoms with E-state index in [-0.39, 0.29) is 11.8 Å². The number of piperidine rings is 1. The zero-order valence-corrected chi connectivity index (χ0v) is 34.1. The fourth-order valence-corrected chi connectivity index (χ4v) is 9.45. The molecule has 8 rings (SSSR count). The molecule has 4 heterocycles. The Morgan fingerprint density at radius 1 is 0.825 bits per heavy atom. The Morgan fingerprint density at radius 2 is 1.46 bits per heavy atom. The lowest BCUT2D eigenvalue weighted by molar-refractivity contribution is -0.150. The monoisotopic (exact) mass is 808 g/mol. The Bertz CT molecular complexity index is 2200. The van der Waals surface area contributed by atoms with Crippen LogP contribution >= 0.6 is 23.2 Å². The van der Waals surface area contributed by atoms with Crippen LogP contribution in [0.3, 0.4) is 0 Å². The number of amides is 2. The third-order valence-electron chi connectivity index (χ3n) is 12.8. The summed E-state index contributed by atoms with van der Waals surface area (Å²) in [6.45, 7) is 7.68. The number of carboxylic acids is 1. The number of fused-ring (bicyclic) bond motifs is 1. The van der Waals surface area contributed by atoms with Crippen LogP contribution in [0, 0.1) is 5.41 Å². The van der Waals surface area contributed by atoms with Crippen molar-refractivity contribution in [2.24, 2.45) is 5.41 Å². The Balaban J connectivity index is 0.934. The first-order chi connectivity index (χ1) is 27.5. The van der Waals surface area contributed by atoms with Gasteiger partial charge in [0.05, 0.1) is 26.8 Å². The Hall–Kier alpha value is -4.35. The quantitative estimate of drug-likeness (QED) is 0.145. The summed E-state index contributed by atoms with van der Waals surface area (Å²) in [5.41, 5.74) is 6.69. The maximum Gasteiger partial charge on any atom is 0.309 e. The smallest absolute Gasteiger partial charge is 0.309 e. The molecule has 4 aliphatic rings. The van der Waals surface area contributed by atoms with Gasteiger partial charge in [-0.05, 0) is 131 Å². The van der Waals surface area contributed by atoms with Crippen molar-refractivity contribution < 1.29 is 19.5 Å². The minimum Gasteiger partial charge on any atom is -0.481 e. The first-order valence-electron chi connectivity index (χ1n) is 20.4. The predicted molar refractivity (Wildman–Crippen MR) is 224 cm³/mol. The molecule has 4 aromatic rings. The van der Waals surface area contributed by atoms with Crippen molar-refractivity contribution in [3.63, 3.8) is 0 Å². The molecule has 3 fully saturated rings. The molecule has 2 aromatic carbocycles. The number of nitrogens with one attached hydrogen (secondary N) is 2. The van der Waals surface area contributed by atoms with E-state index in [1.807, 2.05) is 43.5 Å². The molecule has 2 aliphatic heterocycles. The van der Waals surface area contributed by atoms with Gasteiger partial charge in [-0.3, -0.25) is 34.2 Å². The molecule has 1 atom stereocenters. The maximum atomic E-state index is 13.6. The maximum absolute atomic E-state index is 13.6. The molecule has 1 saturated heterocycles. The number of aromatic nitrogens is 2. The molecule has 12 heteroatoms. The van der Waals surface area contributed by atoms with E-state index < -0.39 is 11.4 Å². The first-order valence-corrected chi connectivity index (χ1v) is 21.1. The summed E-state index contributed by atoms with van der Waals surface area (Å²) in [4.78, 5) is 53.0. The van der Waals surface area contributed by atoms with Gasteiger partial charge in [0.1, 0.15) is 11.4 Å². The van der Waals surface area contributed by atoms with E-state index in [2.05, 4.69) is 37.3 Å². The number of hydrogen-bond acceptors (Lipinski definition) is 7. The first kappa shape index (κ1) is 39.5. The van der Waals surface area contributed by atoms with E-state index in [4.69, 9.17) is 23.2 Å². The summed E-state index contributed by atoms with van der Waals surface area (Å²) >= 11 is 13.9. The molecular formula is C45H50Cl2N6O4. The summed E-state index contributed by atoms with van der Waals surface area (Å²) in [7, 11) is 0. The summed E-state index contributed by atoms with van der Waals surface area (Å²) in [5, 5.41) is 16.2. The van der Waals surface area contributed by atoms with Gasteiger partial charge in [-0.25, -0.2) is 0 Å². The van der Waals surface area contributed by atoms with Gasteiger partial charge >= 0.3 is 5.97 Å². The van der Waals surface area contributed by atoms with E-state index in [9.17, 15) is 19.5 Å². The van der Waals surface area contributed by atoms with Crippen LogP contribution in [-0.4, -0.2) is 67.8 Å². The van der Waals surface area contributed by atoms with Crippen LogP contribution in [0.1, 0.15) is 121 Å². The van der Waals surface area contributed by atoms with Crippen molar-refractivity contribution in [3.8, 4) is 11.1 Å². The fraction of sp³-hybridized carbons (Fsp3) is 0.444. The molecule has 10 nitrogen and oxygen atoms in total. The van der Waals surface area contributed by atoms with Gasteiger partial charge in [-0.2, -0.15) is 0 Å². The van der Waals surface area contributed by atoms with Crippen molar-refractivity contribution in [2.75, 3.05) is 23.7 Å². The van der Waals surface area contributed by atoms with Crippen LogP contribution in [0.4, 0.5) is 11.4 Å². The van der Waals surface area contributed by atoms with Crippen LogP contribution in [0.25, 0.3) is 11.1 Å². The Morgan fingerprint density at radius 3 is 2.07 bits per heavy atom. The highest BCUT2D eigenvalue weighted by molar-refractivity contribution is 6.40. The molecule has 0 spiro atoms. The van der Waals surface area contributed by atoms with Crippen molar-refractivity contribution in [1.29, 1.82) is 0 Å². The number of benzene rings is 2. The highest BCUT2D eigenvalue weighted by atomic mass is 35.5. The molecule has 0 bridgehead atoms. The van der Waals surface area contributed by atoms with Gasteiger partial charge in [-0.15, -0.1) is 0 Å². The molecule has 2 saturated carbocycles. The number of hydrogen-bond donors (Lipinski definition) is 3. The summed E-state index contributed by atoms with van der Waals surface area (Å²) in [6, 6.07) is 15.5. The number of nitrogens with zero attached hydrogens (tertiary/aromatic N) is 4. The lowest BCUT2D eigenvalue weighted by atomic mass is 9.73. The average Bonchev–Trinajstić information content (AvgIpc) is 4.06. The van der Waals surface area contributed by atoms with Crippen LogP contribution < -0.4 is 10.6 Å². The number of anilines is 2. The van der Waals surface area contributed by atoms with E-state index in [1.54, 1.807) is 24.4 Å². The second-order valence-corrected chi connectivity index (χ2v) is 17.5. The fourth-order valence-electron chi connectivity index (χ4n) is 8.90. The highest BCUT2D eigenvalue weighted by Crippen LogP contribution is 2.44. The zero-order chi connectivity index (χ0) is 39.8. The molecule has 2 amide bonds. The summed E-state index contributed by atoms with van der Waals surface area (Å²) in [5.74, 6) is -0.940. The predicted octanol–water partition coefficient (Wildman–Crippen LogP) is 9.60. The standard InChI is InChI=1S/C45H50Cl2N6O4/c1-27-7-3-4-19-52(27)26-31-24-49-39(22-35(31)28-12-13-28)43(55)51-37-11-6-9-34(41(37)47)33-8-5-10-36(40(33)46)50-42(54)38-21-29-16-20-53(25-30(29)23-48-38)32-14-17-45(2,18-15-32)44(56)57/h5-6,8-11,21-24,27-28,32H,3-4,7,12-20,25-26H2,1-2H3,(H,50,54)(H,51,55)(H,56,57)/t27-,32-,45-/m1/s1. The highest BCUT2D eigenvalue weighted by Gasteiger charge is 2.39. The summed E-state index contributed by atoms with van der Waals surface area (Å²) < 4.78 is 0. The van der Waals surface area contributed by atoms with E-state index in [0.29, 0.717) is 74.8 Å². The molecule has 2 aliphatic carbocycles. The van der Waals surface area contributed by atoms with Crippen LogP contribution in [0.2, 0.25) is 10.0 Å². The third kappa shape index (κ3) is 8.46. The van der Waals surface area contributed by atoms with Crippen molar-refractivity contribution in [1.82, 2.24) is 19.8 Å². The normalized spacial score (nSPS) is 22.7. The van der Waals surface area contributed by atoms with E-state index in [1.165, 1.54) is 30.4 Å². The zero-order valence-electron chi connectivity index (χ0n) is 32.6. The van der Waals surface area contributed by atoms with Crippen LogP contribution in [0.15, 0.2) is 60.9 Å². The molecule has 0 unspecified atom stereocenters. The molecular weight excluding hydrogens is 759 g/mol. The average molecular weight is 810 g/mol. The SMILES string of the molecule is C[C@@H]1CCCCN1Cc1cnc(C(=O)Nc2cccc(-c3cccc(NC(=O)c4cc5c(cn4)CN([C@H]4CC[C@](C)(C(=O)O)CC4)CC5)c3Cl)c2Cl)cc1C1CC1. The molecule has 2 aromatic heterocycles. The van der Waals surface area contributed by atoms with Crippen molar-refractivity contribution in [3.05, 3.63) is 105 Å². The van der Waals surface area contributed by atoms with Gasteiger partial charge in [0.15, 0.2) is 0 Å². The second-order valence-electron chi connectivity index (χ2n) is 16.8. The Kier molecular flexibility index (Phi) is 11.4. The van der Waals surface area contributed by atoms with Crippen molar-refractivity contribution in [2.45, 2.75) is 109 Å². The molecule has 57 heavy (non-hydrogen) atoms. The summed E-state index contributed by atoms with van der Waals surface area (Å²) in [6.07, 6.45) is 13.5. The number of aliphatic carboxylic acids is 1. The van der Waals surface area contributed by atoms with Crippen LogP contribution in [-0.2, 0) is 24.3 Å². The van der Waals surface area contributed by atoms with Crippen LogP contribution in [0.5, 0.6) is 0 Å². The molecule has 298 valence electrons. The Labute approximate surface area is 344 Å². The minimum atomic E-state index is -0.707. The third-order valence-corrected chi connectivity index (χ3v) is 13.6. The van der Waals surface area contributed by atoms with Gasteiger partial charge in [0, 0.05) is 55.2 Å². The number of rotatable bonds is 10. The topological polar surface area (TPSA) is 128 Å². The number of carboxylic acid groups (broad SMARTS) is 1. The number of carbonyl (C=O) groups is 3. The molecule has 0 radical (unpaired) electrons. The van der Waals surface area contributed by atoms with Crippen molar-refractivity contribution >= 4 is 52.4 Å². The largest absolute Gasteiger partial charge is 0.481 e. The second kappa shape index (κ2) is 16.5. The van der Waals surface area contributed by atoms with Gasteiger partial charge in [0.2, 0.25) is 0 Å². The lowest BCUT2D eigenvalue weighted by Crippen LogP contribution is -2.44. The van der Waals surface area contributed by atoms with E-state index in [0.717, 1.165) is 69.4 Å².